The van der Waals surface area contributed by atoms with Gasteiger partial charge in [0.15, 0.2) is 0 Å². The van der Waals surface area contributed by atoms with Crippen LogP contribution in [0, 0.1) is 5.92 Å². The summed E-state index contributed by atoms with van der Waals surface area (Å²) in [4.78, 5) is 51.9. The fourth-order valence-corrected chi connectivity index (χ4v) is 7.10. The summed E-state index contributed by atoms with van der Waals surface area (Å²) >= 11 is 0. The number of hydrogen-bond donors (Lipinski definition) is 1. The zero-order chi connectivity index (χ0) is 26.3. The Morgan fingerprint density at radius 3 is 2.79 bits per heavy atom. The van der Waals surface area contributed by atoms with Gasteiger partial charge >= 0.3 is 0 Å². The van der Waals surface area contributed by atoms with Crippen molar-refractivity contribution in [2.45, 2.75) is 50.6 Å². The van der Waals surface area contributed by atoms with E-state index in [2.05, 4.69) is 15.2 Å². The molecule has 2 aromatic rings. The molecule has 38 heavy (non-hydrogen) atoms. The van der Waals surface area contributed by atoms with Crippen molar-refractivity contribution < 1.29 is 19.1 Å². The molecule has 4 aliphatic heterocycles. The van der Waals surface area contributed by atoms with Crippen molar-refractivity contribution in [1.29, 1.82) is 0 Å². The van der Waals surface area contributed by atoms with Gasteiger partial charge in [0.25, 0.3) is 11.8 Å². The summed E-state index contributed by atoms with van der Waals surface area (Å²) < 4.78 is 5.61. The molecule has 0 saturated carbocycles. The van der Waals surface area contributed by atoms with E-state index < -0.39 is 11.5 Å². The van der Waals surface area contributed by atoms with Crippen LogP contribution in [0.1, 0.15) is 54.9 Å². The number of fused-ring (bicyclic) bond motifs is 4. The number of rotatable bonds is 3. The van der Waals surface area contributed by atoms with E-state index in [9.17, 15) is 14.4 Å². The number of aromatic nitrogens is 1. The lowest BCUT2D eigenvalue weighted by Crippen LogP contribution is -2.56. The number of carbonyl (C=O) groups is 3. The minimum atomic E-state index is -0.937. The summed E-state index contributed by atoms with van der Waals surface area (Å²) in [6.45, 7) is 5.03. The molecule has 1 spiro atoms. The number of nitrogens with one attached hydrogen (secondary N) is 1. The summed E-state index contributed by atoms with van der Waals surface area (Å²) in [5, 5.41) is 3.13. The third-order valence-corrected chi connectivity index (χ3v) is 8.62. The maximum Gasteiger partial charge on any atom is 0.259 e. The topological polar surface area (TPSA) is 95.1 Å². The third kappa shape index (κ3) is 3.78. The molecule has 3 amide bonds. The summed E-state index contributed by atoms with van der Waals surface area (Å²) in [6, 6.07) is 11.7. The van der Waals surface area contributed by atoms with E-state index in [4.69, 9.17) is 4.74 Å². The minimum Gasteiger partial charge on any atom is -0.477 e. The average molecular weight is 518 g/mol. The van der Waals surface area contributed by atoms with Gasteiger partial charge in [-0.15, -0.1) is 0 Å². The fourth-order valence-electron chi connectivity index (χ4n) is 7.10. The second kappa shape index (κ2) is 10.0. The van der Waals surface area contributed by atoms with Gasteiger partial charge in [0.05, 0.1) is 12.5 Å². The second-order valence-electron chi connectivity index (χ2n) is 10.6. The van der Waals surface area contributed by atoms with Gasteiger partial charge in [-0.2, -0.15) is 0 Å². The van der Waals surface area contributed by atoms with Crippen molar-refractivity contribution in [3.63, 3.8) is 0 Å². The fraction of sp³-hybridized carbons (Fsp3) is 0.517. The molecule has 3 atom stereocenters. The highest BCUT2D eigenvalue weighted by Crippen LogP contribution is 2.57. The molecule has 0 radical (unpaired) electrons. The van der Waals surface area contributed by atoms with Gasteiger partial charge in [0.2, 0.25) is 11.8 Å². The highest BCUT2D eigenvalue weighted by molar-refractivity contribution is 6.11. The number of para-hydroxylation sites is 1. The monoisotopic (exact) mass is 517 g/mol. The van der Waals surface area contributed by atoms with Gasteiger partial charge in [-0.3, -0.25) is 19.3 Å². The third-order valence-electron chi connectivity index (χ3n) is 8.62. The Morgan fingerprint density at radius 1 is 1.08 bits per heavy atom. The lowest BCUT2D eigenvalue weighted by atomic mass is 9.78. The molecule has 5 heterocycles. The van der Waals surface area contributed by atoms with Gasteiger partial charge in [-0.1, -0.05) is 18.2 Å². The summed E-state index contributed by atoms with van der Waals surface area (Å²) in [5.74, 6) is -0.299. The summed E-state index contributed by atoms with van der Waals surface area (Å²) in [5.41, 5.74) is 1.34. The highest BCUT2D eigenvalue weighted by Gasteiger charge is 2.67. The molecule has 200 valence electrons. The molecule has 0 aliphatic carbocycles. The van der Waals surface area contributed by atoms with Gasteiger partial charge in [-0.05, 0) is 63.8 Å². The predicted octanol–water partition coefficient (Wildman–Crippen LogP) is 2.56. The quantitative estimate of drug-likeness (QED) is 0.673. The number of carbonyl (C=O) groups excluding carboxylic acids is 3. The van der Waals surface area contributed by atoms with Crippen LogP contribution in [0.3, 0.4) is 0 Å². The Hall–Kier alpha value is -3.46. The first kappa shape index (κ1) is 24.9. The maximum absolute atomic E-state index is 14.4. The van der Waals surface area contributed by atoms with Crippen molar-refractivity contribution in [2.75, 3.05) is 44.2 Å². The van der Waals surface area contributed by atoms with Gasteiger partial charge < -0.3 is 19.9 Å². The Bertz CT molecular complexity index is 1250. The molecular formula is C29H35N5O4. The van der Waals surface area contributed by atoms with Crippen molar-refractivity contribution in [3.05, 3.63) is 53.7 Å². The van der Waals surface area contributed by atoms with Crippen LogP contribution in [-0.2, 0) is 15.1 Å². The lowest BCUT2D eigenvalue weighted by Gasteiger charge is -2.37. The molecule has 1 aromatic carbocycles. The standard InChI is InChI=1S/C29H35N5O4/c1-2-38-26-21(10-5-13-31-26)27(36)32-15-7-14-30-25(35)23-19-20-9-6-18-34(20)29(23)22-11-3-4-12-24(22)33(28(29)37)17-8-16-32/h3-5,10-13,20,23H,2,6-9,14-19H2,1H3,(H,30,35)/t20-,23+,29+/m0/s1. The van der Waals surface area contributed by atoms with Gasteiger partial charge in [0.1, 0.15) is 11.1 Å². The van der Waals surface area contributed by atoms with Crippen LogP contribution in [0.2, 0.25) is 0 Å². The molecule has 3 saturated heterocycles. The van der Waals surface area contributed by atoms with E-state index in [0.717, 1.165) is 30.6 Å². The molecule has 6 rings (SSSR count). The first-order valence-corrected chi connectivity index (χ1v) is 13.9. The zero-order valence-corrected chi connectivity index (χ0v) is 21.9. The van der Waals surface area contributed by atoms with E-state index in [0.29, 0.717) is 63.5 Å². The lowest BCUT2D eigenvalue weighted by molar-refractivity contribution is -0.138. The van der Waals surface area contributed by atoms with Crippen LogP contribution in [0.25, 0.3) is 0 Å². The molecular weight excluding hydrogens is 482 g/mol. The van der Waals surface area contributed by atoms with Crippen LogP contribution in [0.15, 0.2) is 42.6 Å². The highest BCUT2D eigenvalue weighted by atomic mass is 16.5. The smallest absolute Gasteiger partial charge is 0.259 e. The Morgan fingerprint density at radius 2 is 1.92 bits per heavy atom. The van der Waals surface area contributed by atoms with Crippen LogP contribution < -0.4 is 15.0 Å². The predicted molar refractivity (Wildman–Crippen MR) is 142 cm³/mol. The van der Waals surface area contributed by atoms with Crippen LogP contribution >= 0.6 is 0 Å². The van der Waals surface area contributed by atoms with Crippen LogP contribution in [0.5, 0.6) is 5.88 Å². The number of amides is 3. The summed E-state index contributed by atoms with van der Waals surface area (Å²) in [7, 11) is 0. The minimum absolute atomic E-state index is 0.00580. The van der Waals surface area contributed by atoms with Gasteiger partial charge in [-0.25, -0.2) is 4.98 Å². The van der Waals surface area contributed by atoms with E-state index >= 15 is 0 Å². The SMILES string of the molecule is CCOc1ncccc1C(=O)N1CCCNC(=O)[C@H]2C[C@@H]3CCCN3[C@@]23C(=O)N(CCC1)c1ccccc13. The van der Waals surface area contributed by atoms with Crippen molar-refractivity contribution in [1.82, 2.24) is 20.1 Å². The largest absolute Gasteiger partial charge is 0.477 e. The van der Waals surface area contributed by atoms with Crippen molar-refractivity contribution in [3.8, 4) is 5.88 Å². The summed E-state index contributed by atoms with van der Waals surface area (Å²) in [6.07, 6.45) is 5.64. The Balaban J connectivity index is 1.33. The first-order chi connectivity index (χ1) is 18.6. The Labute approximate surface area is 223 Å². The zero-order valence-electron chi connectivity index (χ0n) is 21.9. The van der Waals surface area contributed by atoms with E-state index in [1.165, 1.54) is 0 Å². The van der Waals surface area contributed by atoms with Crippen LogP contribution in [0.4, 0.5) is 5.69 Å². The molecule has 3 fully saturated rings. The van der Waals surface area contributed by atoms with Gasteiger partial charge in [0, 0.05) is 49.7 Å². The molecule has 9 nitrogen and oxygen atoms in total. The number of ether oxygens (including phenoxy) is 1. The number of pyridine rings is 1. The number of benzene rings is 1. The molecule has 1 aromatic heterocycles. The second-order valence-corrected chi connectivity index (χ2v) is 10.6. The molecule has 0 unspecified atom stereocenters. The number of anilines is 1. The first-order valence-electron chi connectivity index (χ1n) is 13.9. The van der Waals surface area contributed by atoms with Crippen molar-refractivity contribution in [2.24, 2.45) is 5.92 Å². The van der Waals surface area contributed by atoms with E-state index in [1.54, 1.807) is 23.2 Å². The van der Waals surface area contributed by atoms with E-state index in [-0.39, 0.29) is 23.8 Å². The molecule has 1 N–H and O–H groups in total. The van der Waals surface area contributed by atoms with E-state index in [1.807, 2.05) is 36.1 Å². The maximum atomic E-state index is 14.4. The Kier molecular flexibility index (Phi) is 6.55. The van der Waals surface area contributed by atoms with Crippen molar-refractivity contribution >= 4 is 23.4 Å². The average Bonchev–Trinajstić information content (AvgIpc) is 3.59. The normalized spacial score (nSPS) is 27.5. The number of hydrogen-bond acceptors (Lipinski definition) is 6. The molecule has 4 aliphatic rings. The molecule has 9 heteroatoms. The number of nitrogens with zero attached hydrogens (tertiary/aromatic N) is 4. The van der Waals surface area contributed by atoms with Crippen LogP contribution in [-0.4, -0.2) is 77.9 Å². The molecule has 2 bridgehead atoms.